The molecule has 1 heterocycles. The first-order valence-corrected chi connectivity index (χ1v) is 11.7. The number of benzene rings is 2. The van der Waals surface area contributed by atoms with E-state index < -0.39 is 15.1 Å². The summed E-state index contributed by atoms with van der Waals surface area (Å²) in [4.78, 5) is 13.1. The Kier molecular flexibility index (Phi) is 7.12. The third kappa shape index (κ3) is 5.40. The average molecular weight is 446 g/mol. The van der Waals surface area contributed by atoms with Crippen LogP contribution in [0, 0.1) is 6.92 Å². The van der Waals surface area contributed by atoms with Crippen LogP contribution in [0.1, 0.15) is 15.7 Å². The molecule has 0 aliphatic heterocycles. The average Bonchev–Trinajstić information content (AvgIpc) is 3.27. The number of thiophene rings is 1. The molecule has 0 aliphatic rings. The molecule has 30 heavy (non-hydrogen) atoms. The first-order chi connectivity index (χ1) is 14.4. The number of hydrogen-bond donors (Lipinski definition) is 1. The molecule has 8 heteroatoms. The number of rotatable bonds is 9. The lowest BCUT2D eigenvalue weighted by Crippen LogP contribution is -2.34. The van der Waals surface area contributed by atoms with Gasteiger partial charge in [0.2, 0.25) is 0 Å². The molecule has 3 aromatic rings. The number of sulfone groups is 1. The Hall–Kier alpha value is -2.84. The number of carbonyl (C=O) groups is 1. The second-order valence-corrected chi connectivity index (χ2v) is 9.74. The van der Waals surface area contributed by atoms with Gasteiger partial charge in [-0.15, -0.1) is 11.3 Å². The summed E-state index contributed by atoms with van der Waals surface area (Å²) < 4.78 is 37.0. The van der Waals surface area contributed by atoms with Crippen LogP contribution in [0.5, 0.6) is 11.5 Å². The van der Waals surface area contributed by atoms with Crippen molar-refractivity contribution < 1.29 is 22.7 Å². The molecule has 1 amide bonds. The molecule has 6 nitrogen and oxygen atoms in total. The lowest BCUT2D eigenvalue weighted by molar-refractivity contribution is -0.123. The van der Waals surface area contributed by atoms with E-state index in [-0.39, 0.29) is 24.0 Å². The molecule has 0 fully saturated rings. The largest absolute Gasteiger partial charge is 0.497 e. The molecule has 3 rings (SSSR count). The van der Waals surface area contributed by atoms with Gasteiger partial charge in [0, 0.05) is 11.4 Å². The van der Waals surface area contributed by atoms with Crippen molar-refractivity contribution in [2.24, 2.45) is 0 Å². The topological polar surface area (TPSA) is 81.7 Å². The highest BCUT2D eigenvalue weighted by Gasteiger charge is 2.30. The smallest absolute Gasteiger partial charge is 0.257 e. The summed E-state index contributed by atoms with van der Waals surface area (Å²) in [6.45, 7) is 1.72. The number of hydrogen-bond acceptors (Lipinski definition) is 6. The molecular weight excluding hydrogens is 422 g/mol. The standard InChI is InChI=1S/C22H23NO5S2/c1-16-5-7-18(8-6-16)28-15-22(24)23-14-21(20-4-3-13-29-20)30(25,26)19-11-9-17(27-2)10-12-19/h3-13,21H,14-15H2,1-2H3,(H,23,24). The van der Waals surface area contributed by atoms with Crippen molar-refractivity contribution in [2.45, 2.75) is 17.1 Å². The van der Waals surface area contributed by atoms with Crippen LogP contribution in [0.4, 0.5) is 0 Å². The number of methoxy groups -OCH3 is 1. The monoisotopic (exact) mass is 445 g/mol. The minimum atomic E-state index is -3.72. The van der Waals surface area contributed by atoms with Crippen LogP contribution in [0.2, 0.25) is 0 Å². The Labute approximate surface area is 180 Å². The predicted octanol–water partition coefficient (Wildman–Crippen LogP) is 3.78. The Morgan fingerprint density at radius 1 is 1.03 bits per heavy atom. The molecule has 1 unspecified atom stereocenters. The summed E-state index contributed by atoms with van der Waals surface area (Å²) in [7, 11) is -2.20. The predicted molar refractivity (Wildman–Crippen MR) is 117 cm³/mol. The summed E-state index contributed by atoms with van der Waals surface area (Å²) in [6.07, 6.45) is 0. The molecule has 0 bridgehead atoms. The Morgan fingerprint density at radius 2 is 1.70 bits per heavy atom. The van der Waals surface area contributed by atoms with E-state index in [1.54, 1.807) is 36.4 Å². The number of aryl methyl sites for hydroxylation is 1. The molecule has 158 valence electrons. The molecule has 0 saturated carbocycles. The van der Waals surface area contributed by atoms with Crippen LogP contribution < -0.4 is 14.8 Å². The fraction of sp³-hybridized carbons (Fsp3) is 0.227. The number of nitrogens with one attached hydrogen (secondary N) is 1. The molecule has 1 aromatic heterocycles. The van der Waals surface area contributed by atoms with Gasteiger partial charge in [-0.25, -0.2) is 8.42 Å². The molecule has 2 aromatic carbocycles. The summed E-state index contributed by atoms with van der Waals surface area (Å²) in [5.41, 5.74) is 1.09. The van der Waals surface area contributed by atoms with Gasteiger partial charge in [0.05, 0.1) is 12.0 Å². The fourth-order valence-corrected chi connectivity index (χ4v) is 5.59. The van der Waals surface area contributed by atoms with E-state index in [0.29, 0.717) is 16.4 Å². The van der Waals surface area contributed by atoms with Crippen molar-refractivity contribution in [1.29, 1.82) is 0 Å². The molecule has 0 aliphatic carbocycles. The second-order valence-electron chi connectivity index (χ2n) is 6.63. The molecular formula is C22H23NO5S2. The maximum absolute atomic E-state index is 13.2. The Balaban J connectivity index is 1.69. The molecule has 1 atom stereocenters. The minimum Gasteiger partial charge on any atom is -0.497 e. The van der Waals surface area contributed by atoms with E-state index in [0.717, 1.165) is 5.56 Å². The van der Waals surface area contributed by atoms with E-state index in [2.05, 4.69) is 5.32 Å². The van der Waals surface area contributed by atoms with Gasteiger partial charge in [-0.2, -0.15) is 0 Å². The van der Waals surface area contributed by atoms with Crippen molar-refractivity contribution in [3.8, 4) is 11.5 Å². The van der Waals surface area contributed by atoms with Crippen LogP contribution >= 0.6 is 11.3 Å². The highest BCUT2D eigenvalue weighted by molar-refractivity contribution is 7.91. The van der Waals surface area contributed by atoms with E-state index in [1.165, 1.54) is 30.6 Å². The molecule has 0 radical (unpaired) electrons. The van der Waals surface area contributed by atoms with Crippen LogP contribution in [0.3, 0.4) is 0 Å². The second kappa shape index (κ2) is 9.77. The van der Waals surface area contributed by atoms with Gasteiger partial charge >= 0.3 is 0 Å². The molecule has 0 spiro atoms. The van der Waals surface area contributed by atoms with Gasteiger partial charge in [-0.1, -0.05) is 23.8 Å². The lowest BCUT2D eigenvalue weighted by Gasteiger charge is -2.18. The zero-order valence-electron chi connectivity index (χ0n) is 16.7. The summed E-state index contributed by atoms with van der Waals surface area (Å²) >= 11 is 1.34. The van der Waals surface area contributed by atoms with Gasteiger partial charge in [0.1, 0.15) is 16.7 Å². The van der Waals surface area contributed by atoms with Gasteiger partial charge in [-0.3, -0.25) is 4.79 Å². The van der Waals surface area contributed by atoms with Crippen molar-refractivity contribution in [3.05, 3.63) is 76.5 Å². The van der Waals surface area contributed by atoms with Crippen molar-refractivity contribution in [2.75, 3.05) is 20.3 Å². The molecule has 0 saturated heterocycles. The van der Waals surface area contributed by atoms with E-state index in [1.807, 2.05) is 24.4 Å². The third-order valence-electron chi connectivity index (χ3n) is 4.50. The van der Waals surface area contributed by atoms with Crippen LogP contribution in [0.25, 0.3) is 0 Å². The highest BCUT2D eigenvalue weighted by Crippen LogP contribution is 2.32. The van der Waals surface area contributed by atoms with Gasteiger partial charge in [0.15, 0.2) is 16.4 Å². The fourth-order valence-electron chi connectivity index (χ4n) is 2.81. The quantitative estimate of drug-likeness (QED) is 0.542. The Morgan fingerprint density at radius 3 is 2.30 bits per heavy atom. The first-order valence-electron chi connectivity index (χ1n) is 9.27. The van der Waals surface area contributed by atoms with Gasteiger partial charge in [0.25, 0.3) is 5.91 Å². The van der Waals surface area contributed by atoms with Gasteiger partial charge in [-0.05, 0) is 54.8 Å². The van der Waals surface area contributed by atoms with Gasteiger partial charge < -0.3 is 14.8 Å². The summed E-state index contributed by atoms with van der Waals surface area (Å²) in [5.74, 6) is 0.765. The normalized spacial score (nSPS) is 12.2. The Bertz CT molecular complexity index is 1060. The highest BCUT2D eigenvalue weighted by atomic mass is 32.2. The zero-order valence-corrected chi connectivity index (χ0v) is 18.3. The first kappa shape index (κ1) is 21.9. The minimum absolute atomic E-state index is 0.0506. The molecule has 1 N–H and O–H groups in total. The maximum atomic E-state index is 13.2. The zero-order chi connectivity index (χ0) is 21.6. The van der Waals surface area contributed by atoms with Crippen molar-refractivity contribution in [1.82, 2.24) is 5.32 Å². The van der Waals surface area contributed by atoms with Crippen molar-refractivity contribution >= 4 is 27.1 Å². The maximum Gasteiger partial charge on any atom is 0.257 e. The van der Waals surface area contributed by atoms with Crippen LogP contribution in [-0.4, -0.2) is 34.6 Å². The number of amides is 1. The van der Waals surface area contributed by atoms with Crippen LogP contribution in [-0.2, 0) is 14.6 Å². The van der Waals surface area contributed by atoms with E-state index >= 15 is 0 Å². The van der Waals surface area contributed by atoms with E-state index in [9.17, 15) is 13.2 Å². The van der Waals surface area contributed by atoms with Crippen molar-refractivity contribution in [3.63, 3.8) is 0 Å². The lowest BCUT2D eigenvalue weighted by atomic mass is 10.2. The summed E-state index contributed by atoms with van der Waals surface area (Å²) in [5, 5.41) is 3.61. The number of ether oxygens (including phenoxy) is 2. The van der Waals surface area contributed by atoms with E-state index in [4.69, 9.17) is 9.47 Å². The van der Waals surface area contributed by atoms with Crippen LogP contribution in [0.15, 0.2) is 70.9 Å². The SMILES string of the molecule is COc1ccc(S(=O)(=O)C(CNC(=O)COc2ccc(C)cc2)c2cccs2)cc1. The third-order valence-corrected chi connectivity index (χ3v) is 7.73. The number of carbonyl (C=O) groups excluding carboxylic acids is 1. The summed E-state index contributed by atoms with van der Waals surface area (Å²) in [6, 6.07) is 17.1.